The van der Waals surface area contributed by atoms with Crippen LogP contribution in [0.3, 0.4) is 0 Å². The average Bonchev–Trinajstić information content (AvgIpc) is 2.34. The molecule has 2 rings (SSSR count). The third-order valence-corrected chi connectivity index (χ3v) is 3.62. The number of rotatable bonds is 3. The van der Waals surface area contributed by atoms with Crippen LogP contribution in [0.1, 0.15) is 19.4 Å². The van der Waals surface area contributed by atoms with E-state index in [9.17, 15) is 5.11 Å². The highest BCUT2D eigenvalue weighted by Crippen LogP contribution is 2.27. The van der Waals surface area contributed by atoms with Crippen molar-refractivity contribution in [1.82, 2.24) is 10.2 Å². The summed E-state index contributed by atoms with van der Waals surface area (Å²) in [5, 5.41) is 13.3. The molecule has 0 aromatic heterocycles. The summed E-state index contributed by atoms with van der Waals surface area (Å²) in [5.41, 5.74) is 1.03. The lowest BCUT2D eigenvalue weighted by molar-refractivity contribution is 0.0819. The van der Waals surface area contributed by atoms with E-state index in [2.05, 4.69) is 24.1 Å². The largest absolute Gasteiger partial charge is 0.508 e. The third kappa shape index (κ3) is 2.76. The molecule has 0 spiro atoms. The van der Waals surface area contributed by atoms with E-state index in [4.69, 9.17) is 4.74 Å². The minimum Gasteiger partial charge on any atom is -0.508 e. The summed E-state index contributed by atoms with van der Waals surface area (Å²) in [7, 11) is 1.64. The molecule has 0 saturated carbocycles. The Labute approximate surface area is 109 Å². The van der Waals surface area contributed by atoms with Gasteiger partial charge in [-0.1, -0.05) is 0 Å². The molecule has 4 heteroatoms. The second-order valence-corrected chi connectivity index (χ2v) is 5.41. The molecule has 0 bridgehead atoms. The molecule has 1 saturated heterocycles. The van der Waals surface area contributed by atoms with E-state index in [1.807, 2.05) is 6.07 Å². The number of methoxy groups -OCH3 is 1. The van der Waals surface area contributed by atoms with Gasteiger partial charge < -0.3 is 15.2 Å². The lowest BCUT2D eigenvalue weighted by atomic mass is 9.99. The number of ether oxygens (including phenoxy) is 1. The number of nitrogens with zero attached hydrogens (tertiary/aromatic N) is 1. The van der Waals surface area contributed by atoms with Crippen LogP contribution >= 0.6 is 0 Å². The van der Waals surface area contributed by atoms with Gasteiger partial charge in [-0.05, 0) is 32.0 Å². The van der Waals surface area contributed by atoms with Gasteiger partial charge in [0.25, 0.3) is 0 Å². The van der Waals surface area contributed by atoms with E-state index in [-0.39, 0.29) is 5.54 Å². The minimum atomic E-state index is 0.105. The highest BCUT2D eigenvalue weighted by atomic mass is 16.5. The van der Waals surface area contributed by atoms with Gasteiger partial charge in [0.1, 0.15) is 11.5 Å². The van der Waals surface area contributed by atoms with Crippen LogP contribution in [-0.4, -0.2) is 42.3 Å². The van der Waals surface area contributed by atoms with Crippen LogP contribution in [0.2, 0.25) is 0 Å². The lowest BCUT2D eigenvalue weighted by Gasteiger charge is -2.43. The number of benzene rings is 1. The average molecular weight is 250 g/mol. The predicted molar refractivity (Wildman–Crippen MR) is 72.0 cm³/mol. The van der Waals surface area contributed by atoms with Crippen molar-refractivity contribution in [2.75, 3.05) is 26.7 Å². The van der Waals surface area contributed by atoms with Crippen LogP contribution < -0.4 is 10.1 Å². The van der Waals surface area contributed by atoms with Gasteiger partial charge in [-0.3, -0.25) is 4.90 Å². The van der Waals surface area contributed by atoms with Gasteiger partial charge in [-0.25, -0.2) is 0 Å². The molecule has 2 N–H and O–H groups in total. The summed E-state index contributed by atoms with van der Waals surface area (Å²) in [4.78, 5) is 2.39. The van der Waals surface area contributed by atoms with Gasteiger partial charge in [0.15, 0.2) is 0 Å². The minimum absolute atomic E-state index is 0.105. The number of hydrogen-bond donors (Lipinski definition) is 2. The van der Waals surface area contributed by atoms with E-state index in [0.717, 1.165) is 37.5 Å². The molecule has 0 amide bonds. The quantitative estimate of drug-likeness (QED) is 0.855. The summed E-state index contributed by atoms with van der Waals surface area (Å²) in [6.45, 7) is 8.14. The zero-order valence-electron chi connectivity index (χ0n) is 11.4. The smallest absolute Gasteiger partial charge is 0.120 e. The van der Waals surface area contributed by atoms with E-state index in [0.29, 0.717) is 5.75 Å². The molecule has 1 heterocycles. The zero-order chi connectivity index (χ0) is 13.2. The molecular formula is C14H22N2O2. The molecule has 1 aromatic rings. The molecule has 4 nitrogen and oxygen atoms in total. The second kappa shape index (κ2) is 5.16. The van der Waals surface area contributed by atoms with Crippen LogP contribution in [0.15, 0.2) is 18.2 Å². The van der Waals surface area contributed by atoms with E-state index >= 15 is 0 Å². The number of hydrogen-bond acceptors (Lipinski definition) is 4. The van der Waals surface area contributed by atoms with Crippen molar-refractivity contribution in [3.63, 3.8) is 0 Å². The van der Waals surface area contributed by atoms with E-state index in [1.165, 1.54) is 0 Å². The highest BCUT2D eigenvalue weighted by Gasteiger charge is 2.29. The van der Waals surface area contributed by atoms with Crippen molar-refractivity contribution in [1.29, 1.82) is 0 Å². The van der Waals surface area contributed by atoms with Crippen LogP contribution in [0.5, 0.6) is 11.5 Å². The number of aromatic hydroxyl groups is 1. The molecule has 18 heavy (non-hydrogen) atoms. The molecular weight excluding hydrogens is 228 g/mol. The van der Waals surface area contributed by atoms with Gasteiger partial charge in [-0.2, -0.15) is 0 Å². The van der Waals surface area contributed by atoms with Gasteiger partial charge in [0.2, 0.25) is 0 Å². The zero-order valence-corrected chi connectivity index (χ0v) is 11.4. The first kappa shape index (κ1) is 13.2. The maximum absolute atomic E-state index is 9.93. The fraction of sp³-hybridized carbons (Fsp3) is 0.571. The van der Waals surface area contributed by atoms with Crippen LogP contribution in [0, 0.1) is 0 Å². The maximum Gasteiger partial charge on any atom is 0.120 e. The summed E-state index contributed by atoms with van der Waals surface area (Å²) in [6.07, 6.45) is 0. The number of phenols is 1. The molecule has 0 atom stereocenters. The number of nitrogens with one attached hydrogen (secondary N) is 1. The fourth-order valence-corrected chi connectivity index (χ4v) is 2.34. The molecule has 0 aliphatic carbocycles. The van der Waals surface area contributed by atoms with Crippen molar-refractivity contribution in [2.24, 2.45) is 0 Å². The Morgan fingerprint density at radius 1 is 1.44 bits per heavy atom. The van der Waals surface area contributed by atoms with E-state index in [1.54, 1.807) is 19.2 Å². The molecule has 0 radical (unpaired) electrons. The summed E-state index contributed by atoms with van der Waals surface area (Å²) in [5.74, 6) is 1.13. The van der Waals surface area contributed by atoms with Crippen molar-refractivity contribution >= 4 is 0 Å². The Bertz CT molecular complexity index is 418. The summed E-state index contributed by atoms with van der Waals surface area (Å²) in [6, 6.07) is 5.39. The van der Waals surface area contributed by atoms with E-state index < -0.39 is 0 Å². The summed E-state index contributed by atoms with van der Waals surface area (Å²) >= 11 is 0. The van der Waals surface area contributed by atoms with Crippen molar-refractivity contribution in [3.05, 3.63) is 23.8 Å². The molecule has 1 fully saturated rings. The topological polar surface area (TPSA) is 44.7 Å². The maximum atomic E-state index is 9.93. The van der Waals surface area contributed by atoms with Crippen LogP contribution in [-0.2, 0) is 6.54 Å². The van der Waals surface area contributed by atoms with Gasteiger partial charge in [-0.15, -0.1) is 0 Å². The first-order chi connectivity index (χ1) is 8.53. The van der Waals surface area contributed by atoms with Gasteiger partial charge in [0, 0.05) is 37.3 Å². The Kier molecular flexibility index (Phi) is 3.78. The Hall–Kier alpha value is -1.26. The van der Waals surface area contributed by atoms with Crippen LogP contribution in [0.25, 0.3) is 0 Å². The Morgan fingerprint density at radius 3 is 2.89 bits per heavy atom. The first-order valence-corrected chi connectivity index (χ1v) is 6.34. The SMILES string of the molecule is COc1ccc(O)c(CN2CCNCC2(C)C)c1. The second-order valence-electron chi connectivity index (χ2n) is 5.41. The molecule has 100 valence electrons. The highest BCUT2D eigenvalue weighted by molar-refractivity contribution is 5.39. The first-order valence-electron chi connectivity index (χ1n) is 6.34. The lowest BCUT2D eigenvalue weighted by Crippen LogP contribution is -2.57. The summed E-state index contributed by atoms with van der Waals surface area (Å²) < 4.78 is 5.21. The third-order valence-electron chi connectivity index (χ3n) is 3.62. The molecule has 1 aliphatic rings. The predicted octanol–water partition coefficient (Wildman–Crippen LogP) is 1.58. The van der Waals surface area contributed by atoms with Crippen molar-refractivity contribution in [3.8, 4) is 11.5 Å². The number of phenolic OH excluding ortho intramolecular Hbond substituents is 1. The normalized spacial score (nSPS) is 19.7. The molecule has 0 unspecified atom stereocenters. The fourth-order valence-electron chi connectivity index (χ4n) is 2.34. The standard InChI is InChI=1S/C14H22N2O2/c1-14(2)10-15-6-7-16(14)9-11-8-12(18-3)4-5-13(11)17/h4-5,8,15,17H,6-7,9-10H2,1-3H3. The van der Waals surface area contributed by atoms with Crippen molar-refractivity contribution in [2.45, 2.75) is 25.9 Å². The number of piperazine rings is 1. The monoisotopic (exact) mass is 250 g/mol. The molecule has 1 aromatic carbocycles. The van der Waals surface area contributed by atoms with Crippen LogP contribution in [0.4, 0.5) is 0 Å². The van der Waals surface area contributed by atoms with Gasteiger partial charge in [0.05, 0.1) is 7.11 Å². The van der Waals surface area contributed by atoms with Crippen molar-refractivity contribution < 1.29 is 9.84 Å². The van der Waals surface area contributed by atoms with Gasteiger partial charge >= 0.3 is 0 Å². The Balaban J connectivity index is 2.17. The molecule has 1 aliphatic heterocycles. The Morgan fingerprint density at radius 2 is 2.22 bits per heavy atom.